The quantitative estimate of drug-likeness (QED) is 0.399. The third kappa shape index (κ3) is 4.65. The average Bonchev–Trinajstić information content (AvgIpc) is 2.88. The number of aliphatic hydroxyl groups is 1. The van der Waals surface area contributed by atoms with Crippen molar-refractivity contribution in [1.82, 2.24) is 14.9 Å². The zero-order chi connectivity index (χ0) is 25.3. The van der Waals surface area contributed by atoms with E-state index in [0.29, 0.717) is 22.2 Å². The Hall–Kier alpha value is -3.89. The first-order chi connectivity index (χ1) is 17.2. The van der Waals surface area contributed by atoms with Crippen molar-refractivity contribution in [3.63, 3.8) is 0 Å². The van der Waals surface area contributed by atoms with E-state index in [0.717, 1.165) is 0 Å². The number of pyridine rings is 2. The summed E-state index contributed by atoms with van der Waals surface area (Å²) in [4.78, 5) is 22.7. The number of aromatic nitrogens is 2. The second kappa shape index (κ2) is 9.29. The van der Waals surface area contributed by atoms with Crippen LogP contribution in [0.4, 0.5) is 10.1 Å². The maximum Gasteiger partial charge on any atom is 0.264 e. The number of likely N-dealkylation sites (tertiary alicyclic amines) is 1. The molecular weight excluding hydrogens is 483 g/mol. The first kappa shape index (κ1) is 23.8. The molecule has 2 N–H and O–H groups in total. The standard InChI is InChI=1S/C26H23FN4O4S/c27-23-8-2-7-22(29-23)26(33)13-16-31(17-14-26)25(32)19-9-11-20(12-10-19)30-36(34,35)21-6-1-4-18-5-3-15-28-24(18)21/h1-12,15,30,33H,13-14,16-17H2. The van der Waals surface area contributed by atoms with Crippen molar-refractivity contribution in [2.75, 3.05) is 17.8 Å². The Morgan fingerprint density at radius 1 is 0.972 bits per heavy atom. The smallest absolute Gasteiger partial charge is 0.264 e. The highest BCUT2D eigenvalue weighted by Gasteiger charge is 2.37. The maximum atomic E-state index is 13.5. The fourth-order valence-corrected chi connectivity index (χ4v) is 5.61. The van der Waals surface area contributed by atoms with Gasteiger partial charge in [-0.25, -0.2) is 13.4 Å². The summed E-state index contributed by atoms with van der Waals surface area (Å²) < 4.78 is 42.0. The molecule has 0 spiro atoms. The fourth-order valence-electron chi connectivity index (χ4n) is 4.37. The van der Waals surface area contributed by atoms with E-state index >= 15 is 0 Å². The van der Waals surface area contributed by atoms with Gasteiger partial charge in [-0.2, -0.15) is 4.39 Å². The van der Waals surface area contributed by atoms with Crippen molar-refractivity contribution in [1.29, 1.82) is 0 Å². The molecule has 0 aliphatic carbocycles. The first-order valence-electron chi connectivity index (χ1n) is 11.4. The van der Waals surface area contributed by atoms with Crippen LogP contribution in [-0.4, -0.2) is 47.4 Å². The Labute approximate surface area is 207 Å². The van der Waals surface area contributed by atoms with E-state index in [1.54, 1.807) is 47.4 Å². The largest absolute Gasteiger partial charge is 0.383 e. The Morgan fingerprint density at radius 2 is 1.67 bits per heavy atom. The monoisotopic (exact) mass is 506 g/mol. The van der Waals surface area contributed by atoms with Crippen molar-refractivity contribution in [2.24, 2.45) is 0 Å². The number of hydrogen-bond donors (Lipinski definition) is 2. The van der Waals surface area contributed by atoms with Gasteiger partial charge >= 0.3 is 0 Å². The number of carbonyl (C=O) groups excluding carboxylic acids is 1. The normalized spacial score (nSPS) is 15.6. The number of halogens is 1. The number of amides is 1. The van der Waals surface area contributed by atoms with Gasteiger partial charge < -0.3 is 10.0 Å². The maximum absolute atomic E-state index is 13.5. The fraction of sp³-hybridized carbons (Fsp3) is 0.192. The molecule has 3 heterocycles. The van der Waals surface area contributed by atoms with Gasteiger partial charge in [-0.15, -0.1) is 0 Å². The van der Waals surface area contributed by atoms with E-state index in [2.05, 4.69) is 14.7 Å². The lowest BCUT2D eigenvalue weighted by molar-refractivity contribution is -0.0249. The van der Waals surface area contributed by atoms with E-state index in [4.69, 9.17) is 0 Å². The third-order valence-corrected chi connectivity index (χ3v) is 7.75. The molecule has 2 aromatic heterocycles. The number of piperidine rings is 1. The van der Waals surface area contributed by atoms with Crippen molar-refractivity contribution in [3.8, 4) is 0 Å². The summed E-state index contributed by atoms with van der Waals surface area (Å²) in [7, 11) is -3.90. The van der Waals surface area contributed by atoms with Crippen LogP contribution in [-0.2, 0) is 15.6 Å². The molecule has 1 fully saturated rings. The molecule has 1 aliphatic rings. The number of benzene rings is 2. The molecule has 2 aromatic carbocycles. The number of sulfonamides is 1. The molecule has 8 nitrogen and oxygen atoms in total. The van der Waals surface area contributed by atoms with Crippen molar-refractivity contribution in [2.45, 2.75) is 23.3 Å². The highest BCUT2D eigenvalue weighted by Crippen LogP contribution is 2.32. The summed E-state index contributed by atoms with van der Waals surface area (Å²) >= 11 is 0. The first-order valence-corrected chi connectivity index (χ1v) is 12.8. The van der Waals surface area contributed by atoms with Crippen LogP contribution in [0, 0.1) is 5.95 Å². The van der Waals surface area contributed by atoms with Gasteiger partial charge in [-0.1, -0.05) is 24.3 Å². The summed E-state index contributed by atoms with van der Waals surface area (Å²) in [6.45, 7) is 0.548. The minimum atomic E-state index is -3.90. The van der Waals surface area contributed by atoms with E-state index in [1.165, 1.54) is 36.5 Å². The molecule has 0 saturated carbocycles. The average molecular weight is 507 g/mol. The second-order valence-electron chi connectivity index (χ2n) is 8.68. The summed E-state index contributed by atoms with van der Waals surface area (Å²) in [6.07, 6.45) is 2.00. The number of nitrogens with one attached hydrogen (secondary N) is 1. The van der Waals surface area contributed by atoms with Crippen LogP contribution >= 0.6 is 0 Å². The van der Waals surface area contributed by atoms with Gasteiger partial charge in [0.25, 0.3) is 15.9 Å². The van der Waals surface area contributed by atoms with Gasteiger partial charge in [0.05, 0.1) is 11.2 Å². The van der Waals surface area contributed by atoms with Gasteiger partial charge in [-0.05, 0) is 61.4 Å². The van der Waals surface area contributed by atoms with Crippen molar-refractivity contribution in [3.05, 3.63) is 96.2 Å². The lowest BCUT2D eigenvalue weighted by Gasteiger charge is -2.37. The molecule has 1 amide bonds. The minimum absolute atomic E-state index is 0.0642. The highest BCUT2D eigenvalue weighted by molar-refractivity contribution is 7.93. The Bertz CT molecular complexity index is 1530. The number of para-hydroxylation sites is 1. The van der Waals surface area contributed by atoms with Crippen molar-refractivity contribution >= 4 is 32.5 Å². The number of fused-ring (bicyclic) bond motifs is 1. The number of anilines is 1. The Balaban J connectivity index is 1.27. The van der Waals surface area contributed by atoms with Crippen LogP contribution in [0.25, 0.3) is 10.9 Å². The van der Waals surface area contributed by atoms with Crippen LogP contribution in [0.2, 0.25) is 0 Å². The molecule has 0 radical (unpaired) electrons. The van der Waals surface area contributed by atoms with E-state index < -0.39 is 21.6 Å². The van der Waals surface area contributed by atoms with Gasteiger partial charge in [0.2, 0.25) is 5.95 Å². The van der Waals surface area contributed by atoms with Crippen LogP contribution in [0.1, 0.15) is 28.9 Å². The Morgan fingerprint density at radius 3 is 2.39 bits per heavy atom. The number of nitrogens with zero attached hydrogens (tertiary/aromatic N) is 3. The zero-order valence-corrected chi connectivity index (χ0v) is 20.0. The van der Waals surface area contributed by atoms with Crippen LogP contribution < -0.4 is 4.72 Å². The lowest BCUT2D eigenvalue weighted by atomic mass is 9.87. The number of rotatable bonds is 5. The SMILES string of the molecule is O=C(c1ccc(NS(=O)(=O)c2cccc3cccnc23)cc1)N1CCC(O)(c2cccc(F)n2)CC1. The summed E-state index contributed by atoms with van der Waals surface area (Å²) in [6, 6.07) is 18.9. The predicted molar refractivity (Wildman–Crippen MR) is 132 cm³/mol. The second-order valence-corrected chi connectivity index (χ2v) is 10.3. The van der Waals surface area contributed by atoms with Gasteiger partial charge in [0, 0.05) is 35.9 Å². The molecule has 1 aliphatic heterocycles. The van der Waals surface area contributed by atoms with Crippen LogP contribution in [0.15, 0.2) is 83.9 Å². The molecule has 4 aromatic rings. The summed E-state index contributed by atoms with van der Waals surface area (Å²) in [5.74, 6) is -0.899. The van der Waals surface area contributed by atoms with Gasteiger partial charge in [-0.3, -0.25) is 14.5 Å². The molecule has 184 valence electrons. The van der Waals surface area contributed by atoms with E-state index in [-0.39, 0.29) is 42.4 Å². The molecule has 0 atom stereocenters. The molecule has 10 heteroatoms. The van der Waals surface area contributed by atoms with Crippen LogP contribution in [0.3, 0.4) is 0 Å². The number of hydrogen-bond acceptors (Lipinski definition) is 6. The zero-order valence-electron chi connectivity index (χ0n) is 19.1. The molecular formula is C26H23FN4O4S. The Kier molecular flexibility index (Phi) is 6.15. The summed E-state index contributed by atoms with van der Waals surface area (Å²) in [5, 5.41) is 11.6. The van der Waals surface area contributed by atoms with E-state index in [9.17, 15) is 22.7 Å². The number of carbonyl (C=O) groups is 1. The molecule has 36 heavy (non-hydrogen) atoms. The topological polar surface area (TPSA) is 112 Å². The molecule has 1 saturated heterocycles. The van der Waals surface area contributed by atoms with Gasteiger partial charge in [0.1, 0.15) is 10.5 Å². The predicted octanol–water partition coefficient (Wildman–Crippen LogP) is 3.69. The highest BCUT2D eigenvalue weighted by atomic mass is 32.2. The lowest BCUT2D eigenvalue weighted by Crippen LogP contribution is -2.45. The third-order valence-electron chi connectivity index (χ3n) is 6.34. The molecule has 0 bridgehead atoms. The molecule has 5 rings (SSSR count). The van der Waals surface area contributed by atoms with Gasteiger partial charge in [0.15, 0.2) is 0 Å². The summed E-state index contributed by atoms with van der Waals surface area (Å²) in [5.41, 5.74) is 0.0338. The van der Waals surface area contributed by atoms with Crippen molar-refractivity contribution < 1.29 is 22.7 Å². The molecule has 0 unspecified atom stereocenters. The van der Waals surface area contributed by atoms with Crippen LogP contribution in [0.5, 0.6) is 0 Å². The van der Waals surface area contributed by atoms with E-state index in [1.807, 2.05) is 0 Å². The minimum Gasteiger partial charge on any atom is -0.383 e.